The lowest BCUT2D eigenvalue weighted by atomic mass is 9.83. The summed E-state index contributed by atoms with van der Waals surface area (Å²) in [6, 6.07) is 0.162. The van der Waals surface area contributed by atoms with Gasteiger partial charge in [-0.1, -0.05) is 27.7 Å². The predicted octanol–water partition coefficient (Wildman–Crippen LogP) is 1.89. The van der Waals surface area contributed by atoms with Gasteiger partial charge in [0.25, 0.3) is 0 Å². The second kappa shape index (κ2) is 4.94. The van der Waals surface area contributed by atoms with Gasteiger partial charge in [0.05, 0.1) is 18.1 Å². The third kappa shape index (κ3) is 2.63. The second-order valence-electron chi connectivity index (χ2n) is 5.92. The molecule has 0 aromatic carbocycles. The van der Waals surface area contributed by atoms with Crippen LogP contribution in [0.1, 0.15) is 40.5 Å². The van der Waals surface area contributed by atoms with Gasteiger partial charge in [-0.05, 0) is 18.3 Å². The fourth-order valence-electron chi connectivity index (χ4n) is 2.58. The largest absolute Gasteiger partial charge is 0.460 e. The monoisotopic (exact) mass is 241 g/mol. The summed E-state index contributed by atoms with van der Waals surface area (Å²) in [5, 5.41) is 0. The summed E-state index contributed by atoms with van der Waals surface area (Å²) in [5.41, 5.74) is 3.08. The topological polar surface area (TPSA) is 47.6 Å². The highest BCUT2D eigenvalue weighted by atomic mass is 16.7. The van der Waals surface area contributed by atoms with E-state index in [4.69, 9.17) is 9.57 Å². The first-order valence-electron chi connectivity index (χ1n) is 6.60. The molecule has 0 aromatic heterocycles. The zero-order valence-corrected chi connectivity index (χ0v) is 11.1. The molecule has 0 aliphatic carbocycles. The summed E-state index contributed by atoms with van der Waals surface area (Å²) in [6.45, 7) is 8.36. The third-order valence-electron chi connectivity index (χ3n) is 3.91. The van der Waals surface area contributed by atoms with Crippen molar-refractivity contribution in [1.29, 1.82) is 0 Å². The Bertz CT molecular complexity index is 290. The fourth-order valence-corrected chi connectivity index (χ4v) is 2.58. The molecular weight excluding hydrogens is 218 g/mol. The number of nitrogens with one attached hydrogen (secondary N) is 1. The maximum atomic E-state index is 11.9. The Labute approximate surface area is 103 Å². The number of rotatable bonds is 2. The first-order chi connectivity index (χ1) is 7.99. The van der Waals surface area contributed by atoms with E-state index in [9.17, 15) is 4.79 Å². The Morgan fingerprint density at radius 1 is 1.18 bits per heavy atom. The van der Waals surface area contributed by atoms with Crippen LogP contribution in [0.3, 0.4) is 0 Å². The molecule has 2 fully saturated rings. The molecule has 17 heavy (non-hydrogen) atoms. The number of carbonyl (C=O) groups excluding carboxylic acids is 1. The van der Waals surface area contributed by atoms with Crippen molar-refractivity contribution < 1.29 is 14.4 Å². The lowest BCUT2D eigenvalue weighted by Crippen LogP contribution is -2.56. The lowest BCUT2D eigenvalue weighted by molar-refractivity contribution is -0.196. The molecule has 98 valence electrons. The summed E-state index contributed by atoms with van der Waals surface area (Å²) in [4.78, 5) is 17.5. The van der Waals surface area contributed by atoms with Crippen molar-refractivity contribution in [3.05, 3.63) is 0 Å². The molecule has 0 spiro atoms. The zero-order valence-electron chi connectivity index (χ0n) is 11.1. The first-order valence-corrected chi connectivity index (χ1v) is 6.60. The van der Waals surface area contributed by atoms with Gasteiger partial charge in [0.2, 0.25) is 0 Å². The standard InChI is InChI=1S/C13H23NO3/c1-7(2)9-5-10-12(16-13(9)15)6-11(8(3)4)17-14-10/h7-12,14H,5-6H2,1-4H3. The molecule has 0 amide bonds. The van der Waals surface area contributed by atoms with Crippen LogP contribution in [0.25, 0.3) is 0 Å². The van der Waals surface area contributed by atoms with Crippen LogP contribution in [-0.2, 0) is 14.4 Å². The average Bonchev–Trinajstić information content (AvgIpc) is 2.26. The number of hydrogen-bond donors (Lipinski definition) is 1. The minimum Gasteiger partial charge on any atom is -0.460 e. The molecule has 1 N–H and O–H groups in total. The van der Waals surface area contributed by atoms with Crippen molar-refractivity contribution in [2.45, 2.75) is 58.8 Å². The summed E-state index contributed by atoms with van der Waals surface area (Å²) in [7, 11) is 0. The van der Waals surface area contributed by atoms with Gasteiger partial charge < -0.3 is 4.74 Å². The third-order valence-corrected chi connectivity index (χ3v) is 3.91. The van der Waals surface area contributed by atoms with E-state index in [-0.39, 0.29) is 30.1 Å². The van der Waals surface area contributed by atoms with Crippen LogP contribution in [0.2, 0.25) is 0 Å². The van der Waals surface area contributed by atoms with Crippen molar-refractivity contribution in [2.75, 3.05) is 0 Å². The quantitative estimate of drug-likeness (QED) is 0.750. The second-order valence-corrected chi connectivity index (χ2v) is 5.92. The SMILES string of the molecule is CC(C)C1CC2OC(=O)C(C(C)C)CC2NO1. The van der Waals surface area contributed by atoms with Gasteiger partial charge in [0.1, 0.15) is 6.10 Å². The molecule has 2 saturated heterocycles. The van der Waals surface area contributed by atoms with Crippen molar-refractivity contribution in [1.82, 2.24) is 5.48 Å². The van der Waals surface area contributed by atoms with E-state index in [0.29, 0.717) is 11.8 Å². The molecule has 0 radical (unpaired) electrons. The van der Waals surface area contributed by atoms with Crippen LogP contribution in [-0.4, -0.2) is 24.2 Å². The van der Waals surface area contributed by atoms with Crippen LogP contribution in [0.15, 0.2) is 0 Å². The number of esters is 1. The normalized spacial score (nSPS) is 38.1. The molecule has 2 aliphatic rings. The van der Waals surface area contributed by atoms with E-state index in [2.05, 4.69) is 33.2 Å². The summed E-state index contributed by atoms with van der Waals surface area (Å²) in [6.07, 6.45) is 1.76. The van der Waals surface area contributed by atoms with Gasteiger partial charge in [-0.2, -0.15) is 5.48 Å². The highest BCUT2D eigenvalue weighted by Gasteiger charge is 2.43. The van der Waals surface area contributed by atoms with Crippen molar-refractivity contribution in [2.24, 2.45) is 17.8 Å². The number of hydroxylamine groups is 1. The van der Waals surface area contributed by atoms with Gasteiger partial charge in [-0.15, -0.1) is 0 Å². The Morgan fingerprint density at radius 2 is 1.88 bits per heavy atom. The molecular formula is C13H23NO3. The number of carbonyl (C=O) groups is 1. The van der Waals surface area contributed by atoms with E-state index in [1.165, 1.54) is 0 Å². The summed E-state index contributed by atoms with van der Waals surface area (Å²) < 4.78 is 5.56. The van der Waals surface area contributed by atoms with Crippen LogP contribution < -0.4 is 5.48 Å². The molecule has 0 aromatic rings. The predicted molar refractivity (Wildman–Crippen MR) is 64.1 cm³/mol. The molecule has 0 saturated carbocycles. The van der Waals surface area contributed by atoms with Gasteiger partial charge in [0, 0.05) is 6.42 Å². The molecule has 4 unspecified atom stereocenters. The van der Waals surface area contributed by atoms with Crippen LogP contribution in [0.4, 0.5) is 0 Å². The maximum absolute atomic E-state index is 11.9. The van der Waals surface area contributed by atoms with Crippen LogP contribution >= 0.6 is 0 Å². The van der Waals surface area contributed by atoms with E-state index < -0.39 is 0 Å². The van der Waals surface area contributed by atoms with E-state index >= 15 is 0 Å². The minimum absolute atomic E-state index is 0.00273. The Balaban J connectivity index is 2.00. The van der Waals surface area contributed by atoms with E-state index in [1.807, 2.05) is 0 Å². The van der Waals surface area contributed by atoms with Gasteiger partial charge in [-0.25, -0.2) is 0 Å². The molecule has 2 aliphatic heterocycles. The number of fused-ring (bicyclic) bond motifs is 1. The first kappa shape index (κ1) is 12.8. The van der Waals surface area contributed by atoms with E-state index in [0.717, 1.165) is 12.8 Å². The Kier molecular flexibility index (Phi) is 3.73. The number of ether oxygens (including phenoxy) is 1. The highest BCUT2D eigenvalue weighted by Crippen LogP contribution is 2.32. The van der Waals surface area contributed by atoms with Gasteiger partial charge >= 0.3 is 5.97 Å². The van der Waals surface area contributed by atoms with Crippen molar-refractivity contribution in [3.63, 3.8) is 0 Å². The van der Waals surface area contributed by atoms with Crippen LogP contribution in [0, 0.1) is 17.8 Å². The molecule has 2 heterocycles. The Hall–Kier alpha value is -0.610. The summed E-state index contributed by atoms with van der Waals surface area (Å²) in [5.74, 6) is 0.730. The van der Waals surface area contributed by atoms with Crippen molar-refractivity contribution >= 4 is 5.97 Å². The highest BCUT2D eigenvalue weighted by molar-refractivity contribution is 5.74. The average molecular weight is 241 g/mol. The molecule has 2 rings (SSSR count). The van der Waals surface area contributed by atoms with Crippen molar-refractivity contribution in [3.8, 4) is 0 Å². The molecule has 4 atom stereocenters. The van der Waals surface area contributed by atoms with E-state index in [1.54, 1.807) is 0 Å². The Morgan fingerprint density at radius 3 is 2.47 bits per heavy atom. The smallest absolute Gasteiger partial charge is 0.309 e. The summed E-state index contributed by atoms with van der Waals surface area (Å²) >= 11 is 0. The van der Waals surface area contributed by atoms with Crippen LogP contribution in [0.5, 0.6) is 0 Å². The van der Waals surface area contributed by atoms with Gasteiger partial charge in [0.15, 0.2) is 0 Å². The molecule has 0 bridgehead atoms. The maximum Gasteiger partial charge on any atom is 0.309 e. The number of hydrogen-bond acceptors (Lipinski definition) is 4. The molecule has 4 nitrogen and oxygen atoms in total. The molecule has 4 heteroatoms. The fraction of sp³-hybridized carbons (Fsp3) is 0.923. The minimum atomic E-state index is -0.0348. The zero-order chi connectivity index (χ0) is 12.6. The lowest BCUT2D eigenvalue weighted by Gasteiger charge is -2.42. The van der Waals surface area contributed by atoms with Gasteiger partial charge in [-0.3, -0.25) is 9.63 Å².